The summed E-state index contributed by atoms with van der Waals surface area (Å²) in [5.41, 5.74) is -13.7. The lowest BCUT2D eigenvalue weighted by Crippen LogP contribution is -2.78. The maximum atomic E-state index is 15.5. The van der Waals surface area contributed by atoms with Crippen molar-refractivity contribution in [3.8, 4) is 0 Å². The first-order chi connectivity index (χ1) is 24.8. The summed E-state index contributed by atoms with van der Waals surface area (Å²) in [5, 5.41) is 63.8. The minimum absolute atomic E-state index is 0.0220. The average molecular weight is 791 g/mol. The molecule has 4 aliphatic rings. The van der Waals surface area contributed by atoms with E-state index in [2.05, 4.69) is 49.0 Å². The molecule has 12 nitrogen and oxygen atoms in total. The molecule has 0 amide bonds. The molecule has 8 N–H and O–H groups in total. The number of rotatable bonds is 11. The molecular formula is C44H78N4O8. The fourth-order valence-corrected chi connectivity index (χ4v) is 14.8. The van der Waals surface area contributed by atoms with E-state index in [1.54, 1.807) is 0 Å². The van der Waals surface area contributed by atoms with E-state index in [-0.39, 0.29) is 50.9 Å². The Hall–Kier alpha value is -2.28. The van der Waals surface area contributed by atoms with Crippen molar-refractivity contribution in [2.45, 2.75) is 213 Å². The Labute approximate surface area is 336 Å². The lowest BCUT2D eigenvalue weighted by atomic mass is 9.35. The van der Waals surface area contributed by atoms with Crippen molar-refractivity contribution >= 4 is 23.9 Å². The number of hydrogen-bond donors (Lipinski definition) is 8. The molecule has 0 saturated carbocycles. The van der Waals surface area contributed by atoms with Crippen molar-refractivity contribution in [1.29, 1.82) is 0 Å². The second-order valence-electron chi connectivity index (χ2n) is 24.2. The first-order valence-electron chi connectivity index (χ1n) is 20.9. The first-order valence-corrected chi connectivity index (χ1v) is 20.9. The normalized spacial score (nSPS) is 29.6. The van der Waals surface area contributed by atoms with Gasteiger partial charge < -0.3 is 41.7 Å². The zero-order chi connectivity index (χ0) is 43.3. The number of aliphatic carboxylic acids is 4. The number of piperidine rings is 4. The Morgan fingerprint density at radius 1 is 0.411 bits per heavy atom. The maximum absolute atomic E-state index is 15.5. The lowest BCUT2D eigenvalue weighted by Gasteiger charge is -2.66. The molecule has 0 radical (unpaired) electrons. The molecule has 0 aromatic carbocycles. The van der Waals surface area contributed by atoms with Gasteiger partial charge in [-0.05, 0) is 192 Å². The number of carbonyl (C=O) groups is 4. The molecule has 0 spiro atoms. The summed E-state index contributed by atoms with van der Waals surface area (Å²) < 4.78 is 0. The average Bonchev–Trinajstić information content (AvgIpc) is 2.86. The molecule has 322 valence electrons. The van der Waals surface area contributed by atoms with Crippen LogP contribution in [-0.2, 0) is 19.2 Å². The Kier molecular flexibility index (Phi) is 11.5. The van der Waals surface area contributed by atoms with E-state index in [0.717, 1.165) is 0 Å². The molecule has 0 bridgehead atoms. The molecule has 2 atom stereocenters. The van der Waals surface area contributed by atoms with Gasteiger partial charge in [-0.2, -0.15) is 0 Å². The molecule has 56 heavy (non-hydrogen) atoms. The van der Waals surface area contributed by atoms with E-state index < -0.39 is 102 Å². The van der Waals surface area contributed by atoms with Crippen LogP contribution in [0.1, 0.15) is 169 Å². The van der Waals surface area contributed by atoms with Crippen LogP contribution >= 0.6 is 0 Å². The SMILES string of the molecule is CC1(C)CC(CC(C(=O)O)(C2CC(C)(C)NC(C)(C)C2)C(C(=O)O)(C2CC(C)(C)NC(C)(C)C2)C(C(=O)O)(C(=O)O)C2CC(C)(C)NC(C)(C)C2)CC(C)(C)N1. The van der Waals surface area contributed by atoms with E-state index >= 15 is 9.59 Å². The zero-order valence-electron chi connectivity index (χ0n) is 37.6. The summed E-state index contributed by atoms with van der Waals surface area (Å²) >= 11 is 0. The van der Waals surface area contributed by atoms with Crippen molar-refractivity contribution in [3.05, 3.63) is 0 Å². The largest absolute Gasteiger partial charge is 0.481 e. The highest BCUT2D eigenvalue weighted by molar-refractivity contribution is 6.07. The standard InChI is InChI=1S/C44H78N4O8/c1-34(2)17-26(18-35(3,4)45-34)19-42(30(49)50,27-20-36(5,6)46-37(7,8)21-27)44(33(55)56,29-24-40(13,14)48-41(15,16)25-29)43(31(51)52,32(53)54)28-22-38(9,10)47-39(11,12)23-28/h26-29,45-48H,17-25H2,1-16H3,(H,49,50)(H,51,52)(H,53,54)(H,55,56). The predicted molar refractivity (Wildman–Crippen MR) is 219 cm³/mol. The molecule has 0 aromatic rings. The van der Waals surface area contributed by atoms with Gasteiger partial charge in [-0.1, -0.05) is 0 Å². The predicted octanol–water partition coefficient (Wildman–Crippen LogP) is 6.90. The minimum atomic E-state index is -3.06. The Balaban J connectivity index is 2.36. The Morgan fingerprint density at radius 2 is 0.679 bits per heavy atom. The van der Waals surface area contributed by atoms with Gasteiger partial charge in [-0.3, -0.25) is 19.2 Å². The van der Waals surface area contributed by atoms with Gasteiger partial charge in [0.25, 0.3) is 0 Å². The molecule has 4 rings (SSSR count). The second kappa shape index (κ2) is 13.9. The number of nitrogens with one attached hydrogen (secondary N) is 4. The number of hydrogen-bond acceptors (Lipinski definition) is 8. The van der Waals surface area contributed by atoms with Gasteiger partial charge in [-0.25, -0.2) is 0 Å². The van der Waals surface area contributed by atoms with Crippen LogP contribution in [0.3, 0.4) is 0 Å². The molecule has 12 heteroatoms. The third-order valence-electron chi connectivity index (χ3n) is 14.1. The molecular weight excluding hydrogens is 713 g/mol. The first kappa shape index (κ1) is 46.4. The zero-order valence-corrected chi connectivity index (χ0v) is 37.6. The van der Waals surface area contributed by atoms with Gasteiger partial charge in [0.05, 0.1) is 5.41 Å². The maximum Gasteiger partial charge on any atom is 0.322 e. The van der Waals surface area contributed by atoms with Crippen molar-refractivity contribution < 1.29 is 39.6 Å². The molecule has 0 aromatic heterocycles. The van der Waals surface area contributed by atoms with Gasteiger partial charge in [0.1, 0.15) is 5.41 Å². The summed E-state index contributed by atoms with van der Waals surface area (Å²) in [6.45, 7) is 31.3. The van der Waals surface area contributed by atoms with Gasteiger partial charge in [0.15, 0.2) is 5.41 Å². The summed E-state index contributed by atoms with van der Waals surface area (Å²) in [4.78, 5) is 60.7. The van der Waals surface area contributed by atoms with Crippen molar-refractivity contribution in [2.24, 2.45) is 39.9 Å². The summed E-state index contributed by atoms with van der Waals surface area (Å²) in [5.74, 6) is -10.3. The quantitative estimate of drug-likeness (QED) is 0.101. The summed E-state index contributed by atoms with van der Waals surface area (Å²) in [7, 11) is 0. The molecule has 4 fully saturated rings. The molecule has 4 heterocycles. The van der Waals surface area contributed by atoms with Gasteiger partial charge in [0, 0.05) is 44.3 Å². The van der Waals surface area contributed by atoms with Crippen LogP contribution in [0.2, 0.25) is 0 Å². The fourth-order valence-electron chi connectivity index (χ4n) is 14.8. The van der Waals surface area contributed by atoms with Crippen LogP contribution in [0.4, 0.5) is 0 Å². The third-order valence-corrected chi connectivity index (χ3v) is 14.1. The molecule has 4 aliphatic heterocycles. The van der Waals surface area contributed by atoms with Gasteiger partial charge in [-0.15, -0.1) is 0 Å². The van der Waals surface area contributed by atoms with Gasteiger partial charge >= 0.3 is 23.9 Å². The van der Waals surface area contributed by atoms with E-state index in [9.17, 15) is 30.0 Å². The fraction of sp³-hybridized carbons (Fsp3) is 0.909. The van der Waals surface area contributed by atoms with Crippen LogP contribution in [0.25, 0.3) is 0 Å². The van der Waals surface area contributed by atoms with Crippen molar-refractivity contribution in [3.63, 3.8) is 0 Å². The lowest BCUT2D eigenvalue weighted by molar-refractivity contribution is -0.246. The van der Waals surface area contributed by atoms with Crippen LogP contribution in [0, 0.1) is 39.9 Å². The van der Waals surface area contributed by atoms with E-state index in [1.165, 1.54) is 0 Å². The Morgan fingerprint density at radius 3 is 0.946 bits per heavy atom. The molecule has 2 unspecified atom stereocenters. The highest BCUT2D eigenvalue weighted by Gasteiger charge is 2.84. The van der Waals surface area contributed by atoms with Crippen molar-refractivity contribution in [1.82, 2.24) is 21.3 Å². The van der Waals surface area contributed by atoms with Gasteiger partial charge in [0.2, 0.25) is 0 Å². The number of carboxylic acids is 4. The van der Waals surface area contributed by atoms with Crippen LogP contribution in [0.5, 0.6) is 0 Å². The van der Waals surface area contributed by atoms with E-state index in [1.807, 2.05) is 83.1 Å². The topological polar surface area (TPSA) is 197 Å². The van der Waals surface area contributed by atoms with Crippen LogP contribution in [-0.4, -0.2) is 88.6 Å². The third kappa shape index (κ3) is 8.29. The van der Waals surface area contributed by atoms with E-state index in [0.29, 0.717) is 12.8 Å². The van der Waals surface area contributed by atoms with Crippen LogP contribution < -0.4 is 21.3 Å². The summed E-state index contributed by atoms with van der Waals surface area (Å²) in [6.07, 6.45) is 1.44. The van der Waals surface area contributed by atoms with E-state index in [4.69, 9.17) is 0 Å². The monoisotopic (exact) mass is 791 g/mol. The summed E-state index contributed by atoms with van der Waals surface area (Å²) in [6, 6.07) is 0. The molecule has 4 saturated heterocycles. The molecule has 0 aliphatic carbocycles. The van der Waals surface area contributed by atoms with Crippen molar-refractivity contribution in [2.75, 3.05) is 0 Å². The smallest absolute Gasteiger partial charge is 0.322 e. The van der Waals surface area contributed by atoms with Crippen LogP contribution in [0.15, 0.2) is 0 Å². The minimum Gasteiger partial charge on any atom is -0.481 e. The second-order valence-corrected chi connectivity index (χ2v) is 24.2. The Bertz CT molecular complexity index is 1500. The number of carboxylic acid groups (broad SMARTS) is 4. The highest BCUT2D eigenvalue weighted by atomic mass is 16.4. The highest BCUT2D eigenvalue weighted by Crippen LogP contribution is 2.71.